The van der Waals surface area contributed by atoms with E-state index in [1.165, 1.54) is 0 Å². The highest BCUT2D eigenvalue weighted by Gasteiger charge is 2.16. The molecule has 0 saturated heterocycles. The van der Waals surface area contributed by atoms with Gasteiger partial charge in [-0.05, 0) is 24.1 Å². The molecule has 1 atom stereocenters. The number of oxazole rings is 1. The lowest BCUT2D eigenvalue weighted by Crippen LogP contribution is -2.28. The first-order valence-electron chi connectivity index (χ1n) is 7.69. The normalized spacial score (nSPS) is 13.2. The Kier molecular flexibility index (Phi) is 5.94. The average molecular weight is 306 g/mol. The van der Waals surface area contributed by atoms with Gasteiger partial charge < -0.3 is 19.2 Å². The minimum atomic E-state index is 0.113. The molecule has 0 fully saturated rings. The highest BCUT2D eigenvalue weighted by molar-refractivity contribution is 5.77. The Hall–Kier alpha value is -1.43. The van der Waals surface area contributed by atoms with Crippen molar-refractivity contribution in [2.24, 2.45) is 0 Å². The van der Waals surface area contributed by atoms with Gasteiger partial charge in [-0.2, -0.15) is 0 Å². The number of aromatic nitrogens is 1. The molecule has 0 amide bonds. The zero-order valence-electron chi connectivity index (χ0n) is 14.1. The third kappa shape index (κ3) is 3.85. The Balaban J connectivity index is 2.31. The molecule has 0 radical (unpaired) electrons. The van der Waals surface area contributed by atoms with Crippen molar-refractivity contribution < 1.29 is 13.9 Å². The van der Waals surface area contributed by atoms with Crippen LogP contribution in [-0.2, 0) is 9.47 Å². The zero-order chi connectivity index (χ0) is 16.1. The van der Waals surface area contributed by atoms with Crippen molar-refractivity contribution in [1.29, 1.82) is 0 Å². The number of benzene rings is 1. The number of hydrogen-bond donors (Lipinski definition) is 1. The number of ether oxygens (including phenoxy) is 2. The molecule has 0 bridgehead atoms. The number of nitrogens with zero attached hydrogens (tertiary/aromatic N) is 1. The van der Waals surface area contributed by atoms with Gasteiger partial charge in [0.15, 0.2) is 11.5 Å². The van der Waals surface area contributed by atoms with Gasteiger partial charge in [0.1, 0.15) is 5.52 Å². The van der Waals surface area contributed by atoms with Crippen LogP contribution in [0, 0.1) is 6.92 Å². The molecule has 1 heterocycles. The number of hydrogen-bond acceptors (Lipinski definition) is 5. The number of methoxy groups -OCH3 is 2. The summed E-state index contributed by atoms with van der Waals surface area (Å²) in [6, 6.07) is 4.34. The van der Waals surface area contributed by atoms with Crippen LogP contribution in [0.3, 0.4) is 0 Å². The summed E-state index contributed by atoms with van der Waals surface area (Å²) in [4.78, 5) is 4.61. The summed E-state index contributed by atoms with van der Waals surface area (Å²) in [5, 5.41) is 3.45. The summed E-state index contributed by atoms with van der Waals surface area (Å²) in [6.45, 7) is 8.27. The van der Waals surface area contributed by atoms with Crippen molar-refractivity contribution >= 4 is 11.1 Å². The number of aryl methyl sites for hydroxylation is 1. The molecule has 2 rings (SSSR count). The molecular weight excluding hydrogens is 280 g/mol. The van der Waals surface area contributed by atoms with E-state index in [0.717, 1.165) is 34.7 Å². The first-order chi connectivity index (χ1) is 10.6. The van der Waals surface area contributed by atoms with E-state index in [9.17, 15) is 0 Å². The SMILES string of the molecule is COCCN[C@@H](COC)c1cc(C)c2oc(C(C)C)nc2c1. The van der Waals surface area contributed by atoms with E-state index >= 15 is 0 Å². The molecular formula is C17H26N2O3. The van der Waals surface area contributed by atoms with E-state index in [1.54, 1.807) is 14.2 Å². The molecule has 0 aliphatic carbocycles. The maximum absolute atomic E-state index is 5.87. The maximum Gasteiger partial charge on any atom is 0.198 e. The summed E-state index contributed by atoms with van der Waals surface area (Å²) in [5.41, 5.74) is 4.04. The molecule has 1 aromatic carbocycles. The van der Waals surface area contributed by atoms with Gasteiger partial charge in [0, 0.05) is 26.7 Å². The Morgan fingerprint density at radius 3 is 2.64 bits per heavy atom. The standard InChI is InChI=1S/C17H26N2O3/c1-11(2)17-19-14-9-13(8-12(3)16(14)22-17)15(10-21-5)18-6-7-20-4/h8-9,11,15,18H,6-7,10H2,1-5H3/t15-/m0/s1. The average Bonchev–Trinajstić information content (AvgIpc) is 2.91. The number of fused-ring (bicyclic) bond motifs is 1. The zero-order valence-corrected chi connectivity index (χ0v) is 14.1. The lowest BCUT2D eigenvalue weighted by atomic mass is 10.0. The van der Waals surface area contributed by atoms with Crippen LogP contribution < -0.4 is 5.32 Å². The Morgan fingerprint density at radius 2 is 2.00 bits per heavy atom. The Bertz CT molecular complexity index is 607. The fraction of sp³-hybridized carbons (Fsp3) is 0.588. The number of rotatable bonds is 8. The van der Waals surface area contributed by atoms with Crippen molar-refractivity contribution in [3.05, 3.63) is 29.2 Å². The lowest BCUT2D eigenvalue weighted by Gasteiger charge is -2.18. The van der Waals surface area contributed by atoms with E-state index in [2.05, 4.69) is 43.2 Å². The van der Waals surface area contributed by atoms with Crippen LogP contribution in [0.1, 0.15) is 42.8 Å². The summed E-state index contributed by atoms with van der Waals surface area (Å²) < 4.78 is 16.3. The minimum Gasteiger partial charge on any atom is -0.440 e. The topological polar surface area (TPSA) is 56.5 Å². The van der Waals surface area contributed by atoms with Gasteiger partial charge in [0.2, 0.25) is 0 Å². The van der Waals surface area contributed by atoms with Gasteiger partial charge in [-0.15, -0.1) is 0 Å². The molecule has 5 heteroatoms. The smallest absolute Gasteiger partial charge is 0.198 e. The van der Waals surface area contributed by atoms with E-state index < -0.39 is 0 Å². The third-order valence-electron chi connectivity index (χ3n) is 3.64. The van der Waals surface area contributed by atoms with Gasteiger partial charge >= 0.3 is 0 Å². The molecule has 5 nitrogen and oxygen atoms in total. The maximum atomic E-state index is 5.87. The molecule has 22 heavy (non-hydrogen) atoms. The van der Waals surface area contributed by atoms with Crippen molar-refractivity contribution in [3.8, 4) is 0 Å². The molecule has 0 unspecified atom stereocenters. The van der Waals surface area contributed by atoms with Gasteiger partial charge in [0.25, 0.3) is 0 Å². The highest BCUT2D eigenvalue weighted by Crippen LogP contribution is 2.27. The van der Waals surface area contributed by atoms with Gasteiger partial charge in [-0.1, -0.05) is 19.9 Å². The fourth-order valence-electron chi connectivity index (χ4n) is 2.47. The van der Waals surface area contributed by atoms with Crippen LogP contribution in [0.4, 0.5) is 0 Å². The molecule has 122 valence electrons. The fourth-order valence-corrected chi connectivity index (χ4v) is 2.47. The van der Waals surface area contributed by atoms with Crippen molar-refractivity contribution in [1.82, 2.24) is 10.3 Å². The second-order valence-electron chi connectivity index (χ2n) is 5.85. The second-order valence-corrected chi connectivity index (χ2v) is 5.85. The van der Waals surface area contributed by atoms with Gasteiger partial charge in [0.05, 0.1) is 19.3 Å². The third-order valence-corrected chi connectivity index (χ3v) is 3.64. The summed E-state index contributed by atoms with van der Waals surface area (Å²) in [5.74, 6) is 1.07. The monoisotopic (exact) mass is 306 g/mol. The molecule has 1 aromatic heterocycles. The second kappa shape index (κ2) is 7.72. The Labute approximate surface area is 132 Å². The molecule has 2 aromatic rings. The predicted octanol–water partition coefficient (Wildman–Crippen LogP) is 3.18. The first-order valence-corrected chi connectivity index (χ1v) is 7.69. The molecule has 1 N–H and O–H groups in total. The van der Waals surface area contributed by atoms with Crippen LogP contribution in [0.5, 0.6) is 0 Å². The van der Waals surface area contributed by atoms with Gasteiger partial charge in [-0.3, -0.25) is 0 Å². The lowest BCUT2D eigenvalue weighted by molar-refractivity contribution is 0.153. The summed E-state index contributed by atoms with van der Waals surface area (Å²) in [7, 11) is 3.41. The van der Waals surface area contributed by atoms with Crippen LogP contribution in [-0.4, -0.2) is 39.0 Å². The summed E-state index contributed by atoms with van der Waals surface area (Å²) >= 11 is 0. The predicted molar refractivity (Wildman–Crippen MR) is 87.3 cm³/mol. The minimum absolute atomic E-state index is 0.113. The van der Waals surface area contributed by atoms with E-state index in [0.29, 0.717) is 13.2 Å². The quantitative estimate of drug-likeness (QED) is 0.759. The van der Waals surface area contributed by atoms with E-state index in [1.807, 2.05) is 0 Å². The molecule has 0 aliphatic heterocycles. The van der Waals surface area contributed by atoms with Crippen LogP contribution in [0.2, 0.25) is 0 Å². The molecule has 0 spiro atoms. The van der Waals surface area contributed by atoms with Crippen molar-refractivity contribution in [2.75, 3.05) is 34.0 Å². The first kappa shape index (κ1) is 16.9. The van der Waals surface area contributed by atoms with Gasteiger partial charge in [-0.25, -0.2) is 4.98 Å². The Morgan fingerprint density at radius 1 is 1.23 bits per heavy atom. The molecule has 0 saturated carbocycles. The van der Waals surface area contributed by atoms with Crippen molar-refractivity contribution in [2.45, 2.75) is 32.7 Å². The van der Waals surface area contributed by atoms with E-state index in [-0.39, 0.29) is 12.0 Å². The van der Waals surface area contributed by atoms with Crippen LogP contribution in [0.15, 0.2) is 16.5 Å². The largest absolute Gasteiger partial charge is 0.440 e. The number of nitrogens with one attached hydrogen (secondary N) is 1. The summed E-state index contributed by atoms with van der Waals surface area (Å²) in [6.07, 6.45) is 0. The van der Waals surface area contributed by atoms with Crippen LogP contribution >= 0.6 is 0 Å². The molecule has 0 aliphatic rings. The van der Waals surface area contributed by atoms with E-state index in [4.69, 9.17) is 13.9 Å². The van der Waals surface area contributed by atoms with Crippen LogP contribution in [0.25, 0.3) is 11.1 Å². The highest BCUT2D eigenvalue weighted by atomic mass is 16.5. The van der Waals surface area contributed by atoms with Crippen molar-refractivity contribution in [3.63, 3.8) is 0 Å².